The van der Waals surface area contributed by atoms with Crippen LogP contribution in [0.25, 0.3) is 10.9 Å². The zero-order valence-corrected chi connectivity index (χ0v) is 20.7. The molecular formula is C24H28ClF2N3O6. The van der Waals surface area contributed by atoms with Crippen LogP contribution in [-0.2, 0) is 19.1 Å². The van der Waals surface area contributed by atoms with Crippen LogP contribution in [0.15, 0.2) is 17.1 Å². The van der Waals surface area contributed by atoms with E-state index in [0.29, 0.717) is 25.8 Å². The van der Waals surface area contributed by atoms with Gasteiger partial charge in [-0.25, -0.2) is 8.78 Å². The van der Waals surface area contributed by atoms with Crippen molar-refractivity contribution >= 4 is 46.7 Å². The molecule has 2 aliphatic rings. The lowest BCUT2D eigenvalue weighted by Crippen LogP contribution is -2.37. The Balaban J connectivity index is 0.00000361. The largest absolute Gasteiger partial charge is 0.465 e. The summed E-state index contributed by atoms with van der Waals surface area (Å²) in [5, 5.41) is -0.350. The van der Waals surface area contributed by atoms with E-state index in [1.807, 2.05) is 0 Å². The quantitative estimate of drug-likeness (QED) is 0.316. The molecule has 1 saturated carbocycles. The van der Waals surface area contributed by atoms with Gasteiger partial charge in [0.15, 0.2) is 17.0 Å². The fraction of sp³-hybridized carbons (Fsp3) is 0.500. The van der Waals surface area contributed by atoms with E-state index in [2.05, 4.69) is 0 Å². The highest BCUT2D eigenvalue weighted by Crippen LogP contribution is 2.40. The Bertz CT molecular complexity index is 1240. The number of nitrogens with zero attached hydrogens (tertiary/aromatic N) is 2. The molecule has 0 radical (unpaired) electrons. The van der Waals surface area contributed by atoms with E-state index in [-0.39, 0.29) is 60.8 Å². The number of ketones is 1. The summed E-state index contributed by atoms with van der Waals surface area (Å²) < 4.78 is 42.0. The van der Waals surface area contributed by atoms with Crippen LogP contribution in [0.5, 0.6) is 0 Å². The molecule has 2 fully saturated rings. The molecule has 4 rings (SSSR count). The van der Waals surface area contributed by atoms with Crippen LogP contribution in [-0.4, -0.2) is 54.6 Å². The number of nitrogens with two attached hydrogens (primary N) is 1. The number of hydrogen-bond acceptors (Lipinski definition) is 8. The number of pyridine rings is 1. The molecule has 2 aromatic rings. The molecule has 12 heteroatoms. The number of benzene rings is 1. The SMILES string of the molecule is CCOC(=O)C(C(=O)OCC)C(=O)c1cn(C2CC2)c2c(F)c(N3CCC(N)C3)c(F)cc2c1=O.Cl. The maximum atomic E-state index is 15.8. The van der Waals surface area contributed by atoms with Crippen molar-refractivity contribution in [2.24, 2.45) is 11.7 Å². The first-order valence-electron chi connectivity index (χ1n) is 11.6. The Morgan fingerprint density at radius 2 is 1.72 bits per heavy atom. The van der Waals surface area contributed by atoms with E-state index in [1.165, 1.54) is 23.3 Å². The fourth-order valence-electron chi connectivity index (χ4n) is 4.44. The van der Waals surface area contributed by atoms with Crippen molar-refractivity contribution in [3.63, 3.8) is 0 Å². The molecule has 36 heavy (non-hydrogen) atoms. The highest BCUT2D eigenvalue weighted by molar-refractivity contribution is 6.21. The Morgan fingerprint density at radius 1 is 1.11 bits per heavy atom. The lowest BCUT2D eigenvalue weighted by atomic mass is 9.96. The molecule has 2 N–H and O–H groups in total. The van der Waals surface area contributed by atoms with Crippen LogP contribution in [0.1, 0.15) is 49.5 Å². The van der Waals surface area contributed by atoms with Gasteiger partial charge in [-0.05, 0) is 39.2 Å². The van der Waals surface area contributed by atoms with E-state index in [9.17, 15) is 19.2 Å². The van der Waals surface area contributed by atoms with Crippen molar-refractivity contribution in [3.8, 4) is 0 Å². The van der Waals surface area contributed by atoms with E-state index in [4.69, 9.17) is 15.2 Å². The fourth-order valence-corrected chi connectivity index (χ4v) is 4.44. The van der Waals surface area contributed by atoms with E-state index in [1.54, 1.807) is 0 Å². The molecule has 1 aromatic carbocycles. The first-order chi connectivity index (χ1) is 16.7. The third-order valence-corrected chi connectivity index (χ3v) is 6.24. The monoisotopic (exact) mass is 527 g/mol. The summed E-state index contributed by atoms with van der Waals surface area (Å²) in [5.41, 5.74) is 3.99. The van der Waals surface area contributed by atoms with Gasteiger partial charge in [-0.2, -0.15) is 0 Å². The lowest BCUT2D eigenvalue weighted by Gasteiger charge is -2.22. The molecule has 1 aromatic heterocycles. The summed E-state index contributed by atoms with van der Waals surface area (Å²) in [6.07, 6.45) is 3.04. The van der Waals surface area contributed by atoms with Crippen molar-refractivity contribution < 1.29 is 32.6 Å². The van der Waals surface area contributed by atoms with Crippen LogP contribution in [0.4, 0.5) is 14.5 Å². The maximum absolute atomic E-state index is 15.8. The van der Waals surface area contributed by atoms with Gasteiger partial charge in [0.25, 0.3) is 0 Å². The Hall–Kier alpha value is -3.05. The molecule has 1 unspecified atom stereocenters. The highest BCUT2D eigenvalue weighted by atomic mass is 35.5. The summed E-state index contributed by atoms with van der Waals surface area (Å²) in [6.45, 7) is 3.42. The Morgan fingerprint density at radius 3 is 2.22 bits per heavy atom. The Labute approximate surface area is 211 Å². The number of carbonyl (C=O) groups excluding carboxylic acids is 3. The first-order valence-corrected chi connectivity index (χ1v) is 11.6. The lowest BCUT2D eigenvalue weighted by molar-refractivity contribution is -0.158. The molecule has 1 aliphatic heterocycles. The molecule has 9 nitrogen and oxygen atoms in total. The standard InChI is InChI=1S/C24H27F2N3O6.ClH/c1-3-34-23(32)17(24(33)35-4-2)22(31)15-11-29(13-5-6-13)19-14(21(15)30)9-16(25)20(18(19)26)28-8-7-12(27)10-28;/h9,11-13,17H,3-8,10,27H2,1-2H3;1H. The van der Waals surface area contributed by atoms with Crippen LogP contribution in [0.2, 0.25) is 0 Å². The number of hydrogen-bond donors (Lipinski definition) is 1. The van der Waals surface area contributed by atoms with Gasteiger partial charge in [0.1, 0.15) is 11.5 Å². The molecule has 2 heterocycles. The zero-order valence-electron chi connectivity index (χ0n) is 19.9. The summed E-state index contributed by atoms with van der Waals surface area (Å²) in [4.78, 5) is 53.0. The number of anilines is 1. The van der Waals surface area contributed by atoms with E-state index in [0.717, 1.165) is 12.3 Å². The minimum atomic E-state index is -2.02. The second-order valence-electron chi connectivity index (χ2n) is 8.72. The summed E-state index contributed by atoms with van der Waals surface area (Å²) in [6, 6.07) is 0.457. The van der Waals surface area contributed by atoms with Gasteiger partial charge < -0.3 is 24.7 Å². The molecule has 1 aliphatic carbocycles. The number of rotatable bonds is 8. The number of halogens is 3. The minimum Gasteiger partial charge on any atom is -0.465 e. The van der Waals surface area contributed by atoms with Crippen molar-refractivity contribution in [1.29, 1.82) is 0 Å². The predicted molar refractivity (Wildman–Crippen MR) is 130 cm³/mol. The van der Waals surface area contributed by atoms with Gasteiger partial charge >= 0.3 is 11.9 Å². The smallest absolute Gasteiger partial charge is 0.328 e. The van der Waals surface area contributed by atoms with Crippen molar-refractivity contribution in [2.45, 2.75) is 45.2 Å². The summed E-state index contributed by atoms with van der Waals surface area (Å²) >= 11 is 0. The first kappa shape index (κ1) is 27.5. The van der Waals surface area contributed by atoms with Gasteiger partial charge in [0.05, 0.1) is 29.7 Å². The van der Waals surface area contributed by atoms with Crippen LogP contribution < -0.4 is 16.1 Å². The summed E-state index contributed by atoms with van der Waals surface area (Å²) in [5.74, 6) is -7.35. The van der Waals surface area contributed by atoms with Crippen LogP contribution >= 0.6 is 12.4 Å². The molecule has 1 atom stereocenters. The van der Waals surface area contributed by atoms with Gasteiger partial charge in [-0.1, -0.05) is 0 Å². The van der Waals surface area contributed by atoms with Gasteiger partial charge in [0.2, 0.25) is 5.92 Å². The normalized spacial score (nSPS) is 17.3. The summed E-state index contributed by atoms with van der Waals surface area (Å²) in [7, 11) is 0. The maximum Gasteiger partial charge on any atom is 0.328 e. The number of fused-ring (bicyclic) bond motifs is 1. The second-order valence-corrected chi connectivity index (χ2v) is 8.72. The van der Waals surface area contributed by atoms with Crippen molar-refractivity contribution in [3.05, 3.63) is 39.7 Å². The number of Topliss-reactive ketones (excluding diaryl/α,β-unsaturated/α-hetero) is 1. The molecule has 0 bridgehead atoms. The van der Waals surface area contributed by atoms with Gasteiger partial charge in [-0.3, -0.25) is 19.2 Å². The molecular weight excluding hydrogens is 500 g/mol. The number of aromatic nitrogens is 1. The third kappa shape index (κ3) is 4.94. The van der Waals surface area contributed by atoms with E-state index < -0.39 is 46.3 Å². The van der Waals surface area contributed by atoms with E-state index >= 15 is 8.78 Å². The molecule has 196 valence electrons. The average molecular weight is 528 g/mol. The zero-order chi connectivity index (χ0) is 25.4. The molecule has 1 saturated heterocycles. The predicted octanol–water partition coefficient (Wildman–Crippen LogP) is 2.50. The number of carbonyl (C=O) groups is 3. The van der Waals surface area contributed by atoms with Gasteiger partial charge in [-0.15, -0.1) is 12.4 Å². The van der Waals surface area contributed by atoms with Crippen LogP contribution in [0, 0.1) is 17.6 Å². The Kier molecular flexibility index (Phi) is 8.35. The van der Waals surface area contributed by atoms with Crippen LogP contribution in [0.3, 0.4) is 0 Å². The van der Waals surface area contributed by atoms with Crippen molar-refractivity contribution in [1.82, 2.24) is 4.57 Å². The highest BCUT2D eigenvalue weighted by Gasteiger charge is 2.40. The molecule has 0 spiro atoms. The third-order valence-electron chi connectivity index (χ3n) is 6.24. The number of ether oxygens (including phenoxy) is 2. The average Bonchev–Trinajstić information content (AvgIpc) is 3.56. The topological polar surface area (TPSA) is 121 Å². The van der Waals surface area contributed by atoms with Gasteiger partial charge in [0, 0.05) is 31.4 Å². The van der Waals surface area contributed by atoms with Crippen molar-refractivity contribution in [2.75, 3.05) is 31.2 Å². The second kappa shape index (κ2) is 10.9. The minimum absolute atomic E-state index is 0. The molecule has 0 amide bonds. The number of esters is 2.